The van der Waals surface area contributed by atoms with Crippen LogP contribution in [0.3, 0.4) is 0 Å². The van der Waals surface area contributed by atoms with Crippen LogP contribution in [-0.2, 0) is 28.6 Å². The van der Waals surface area contributed by atoms with Crippen molar-refractivity contribution >= 4 is 50.2 Å². The molecule has 0 N–H and O–H groups in total. The summed E-state index contributed by atoms with van der Waals surface area (Å²) in [6.07, 6.45) is 27.5. The van der Waals surface area contributed by atoms with Crippen LogP contribution in [0.2, 0.25) is 0 Å². The van der Waals surface area contributed by atoms with E-state index in [1.807, 2.05) is 0 Å². The summed E-state index contributed by atoms with van der Waals surface area (Å²) in [4.78, 5) is 41.2. The summed E-state index contributed by atoms with van der Waals surface area (Å²) in [5, 5.41) is 6.54. The number of methoxy groups -OCH3 is 3. The molecule has 4 aromatic carbocycles. The number of hydrogen-bond acceptors (Lipinski definition) is 12. The molecular weight excluding hydrogens is 1160 g/mol. The number of benzene rings is 4. The number of carbonyl (C=O) groups is 3. The molecule has 12 nitrogen and oxygen atoms in total. The summed E-state index contributed by atoms with van der Waals surface area (Å²) in [6.45, 7) is 21.6. The minimum atomic E-state index is -0.830. The van der Waals surface area contributed by atoms with E-state index in [2.05, 4.69) is 98.7 Å². The average Bonchev–Trinajstić information content (AvgIpc) is 1.55. The Morgan fingerprint density at radius 3 is 0.763 bits per heavy atom. The lowest BCUT2D eigenvalue weighted by Crippen LogP contribution is -2.58. The Hall–Kier alpha value is -5.13. The maximum atomic E-state index is 13.7. The fourth-order valence-electron chi connectivity index (χ4n) is 30.2. The first-order valence-corrected chi connectivity index (χ1v) is 37.0. The number of rotatable bonds is 3. The lowest BCUT2D eigenvalue weighted by atomic mass is 9.40. The van der Waals surface area contributed by atoms with Gasteiger partial charge >= 0.3 is 17.9 Å². The van der Waals surface area contributed by atoms with Crippen LogP contribution in [0.4, 0.5) is 0 Å². The largest absolute Gasteiger partial charge is 0.469 e. The molecule has 15 aliphatic rings. The van der Waals surface area contributed by atoms with E-state index in [0.29, 0.717) is 17.8 Å². The Morgan fingerprint density at radius 1 is 0.312 bits per heavy atom. The predicted octanol–water partition coefficient (Wildman–Crippen LogP) is 18.5. The van der Waals surface area contributed by atoms with E-state index in [4.69, 9.17) is 42.6 Å². The minimum Gasteiger partial charge on any atom is -0.469 e. The van der Waals surface area contributed by atoms with Crippen molar-refractivity contribution in [1.29, 1.82) is 0 Å². The molecule has 18 atom stereocenters. The van der Waals surface area contributed by atoms with Crippen LogP contribution in [0.15, 0.2) is 36.4 Å². The van der Waals surface area contributed by atoms with Crippen molar-refractivity contribution in [2.45, 2.75) is 253 Å². The van der Waals surface area contributed by atoms with E-state index in [9.17, 15) is 14.4 Å². The van der Waals surface area contributed by atoms with E-state index in [1.165, 1.54) is 0 Å². The monoisotopic (exact) mass is 1270 g/mol. The quantitative estimate of drug-likeness (QED) is 0.110. The van der Waals surface area contributed by atoms with Crippen LogP contribution in [0, 0.1) is 100 Å². The van der Waals surface area contributed by atoms with E-state index >= 15 is 0 Å². The second-order valence-corrected chi connectivity index (χ2v) is 37.6. The number of carbonyl (C=O) groups excluding carboxylic acids is 3. The molecule has 12 aliphatic carbocycles. The first-order valence-electron chi connectivity index (χ1n) is 37.0. The molecule has 12 saturated carbocycles. The third-order valence-electron chi connectivity index (χ3n) is 33.7. The fourth-order valence-corrected chi connectivity index (χ4v) is 30.2. The molecule has 19 rings (SSSR count). The van der Waals surface area contributed by atoms with Gasteiger partial charge in [0, 0.05) is 35.5 Å². The van der Waals surface area contributed by atoms with Crippen molar-refractivity contribution in [1.82, 2.24) is 0 Å². The summed E-state index contributed by atoms with van der Waals surface area (Å²) in [5.41, 5.74) is -1.89. The molecule has 0 saturated heterocycles. The Labute approximate surface area is 550 Å². The molecule has 3 aliphatic heterocycles. The van der Waals surface area contributed by atoms with E-state index < -0.39 is 33.6 Å². The van der Waals surface area contributed by atoms with Gasteiger partial charge in [0.2, 0.25) is 0 Å². The van der Waals surface area contributed by atoms with Crippen LogP contribution in [0.5, 0.6) is 34.5 Å². The van der Waals surface area contributed by atoms with Gasteiger partial charge in [-0.15, -0.1) is 0 Å². The van der Waals surface area contributed by atoms with Crippen molar-refractivity contribution in [3.05, 3.63) is 36.4 Å². The topological polar surface area (TPSA) is 134 Å². The Balaban J connectivity index is 0.717. The average molecular weight is 1270 g/mol. The van der Waals surface area contributed by atoms with Crippen LogP contribution < -0.4 is 28.4 Å². The molecule has 6 bridgehead atoms. The van der Waals surface area contributed by atoms with Gasteiger partial charge in [0.15, 0.2) is 34.5 Å². The van der Waals surface area contributed by atoms with Gasteiger partial charge < -0.3 is 42.6 Å². The van der Waals surface area contributed by atoms with E-state index in [1.54, 1.807) is 21.3 Å². The zero-order valence-corrected chi connectivity index (χ0v) is 57.9. The Morgan fingerprint density at radius 2 is 0.538 bits per heavy atom. The summed E-state index contributed by atoms with van der Waals surface area (Å²) >= 11 is 0. The van der Waals surface area contributed by atoms with Crippen molar-refractivity contribution in [2.24, 2.45) is 100 Å². The van der Waals surface area contributed by atoms with Crippen LogP contribution >= 0.6 is 0 Å². The van der Waals surface area contributed by atoms with Crippen molar-refractivity contribution in [3.63, 3.8) is 0 Å². The second kappa shape index (κ2) is 17.8. The molecule has 12 fully saturated rings. The Kier molecular flexibility index (Phi) is 11.3. The minimum absolute atomic E-state index is 0.0211. The zero-order chi connectivity index (χ0) is 64.3. The number of ether oxygens (including phenoxy) is 9. The fraction of sp³-hybridized carbons (Fsp3) is 0.741. The Bertz CT molecular complexity index is 3500. The summed E-state index contributed by atoms with van der Waals surface area (Å²) in [6, 6.07) is 13.8. The van der Waals surface area contributed by atoms with Gasteiger partial charge in [0.05, 0.1) is 37.6 Å². The van der Waals surface area contributed by atoms with Crippen molar-refractivity contribution in [3.8, 4) is 34.5 Å². The van der Waals surface area contributed by atoms with Gasteiger partial charge in [0.1, 0.15) is 0 Å². The van der Waals surface area contributed by atoms with Gasteiger partial charge in [-0.3, -0.25) is 14.4 Å². The first kappa shape index (κ1) is 59.2. The third kappa shape index (κ3) is 6.78. The van der Waals surface area contributed by atoms with Crippen LogP contribution in [0.1, 0.15) is 236 Å². The number of esters is 3. The number of hydrogen-bond donors (Lipinski definition) is 0. The standard InChI is InChI=1S/C81H102O12/c1-67-28-16-61-70(4)22-13-25-73(7,64(82)85-10)58(70)19-31-76(61,40-67)43-79(67)88-52-34-46-47(35-53(52)89-79)49-37-55-57(93-81(91-55)45-78-33-21-60-72(6,63(78)18-30-69(81,3)42-78)24-15-27-75(60,9)66(84)87-12)39-51(49)50-38-56-54(36-48(46)50)90-80(92-56)44-77-32-20-59-71(5,62(77)17-29-68(80,2)41-77)23-14-26-74(59,8)65(83)86-11/h34-39,58-63H,13-33,40-45H2,1-12H3/t58-,59-,60-,61-,62-,63-,67-,68-,69-,70+,71+,72+,73+,74+,75+,76+,77+,78+,79?,80?,81?/m0/s1. The normalized spacial score (nSPS) is 50.1. The maximum absolute atomic E-state index is 13.7. The first-order chi connectivity index (χ1) is 44.1. The maximum Gasteiger partial charge on any atom is 0.311 e. The van der Waals surface area contributed by atoms with Crippen LogP contribution in [0.25, 0.3) is 32.3 Å². The summed E-state index contributed by atoms with van der Waals surface area (Å²) in [7, 11) is 4.73. The van der Waals surface area contributed by atoms with Gasteiger partial charge in [-0.2, -0.15) is 0 Å². The van der Waals surface area contributed by atoms with Crippen molar-refractivity contribution in [2.75, 3.05) is 21.3 Å². The predicted molar refractivity (Wildman–Crippen MR) is 353 cm³/mol. The molecule has 0 aromatic heterocycles. The second-order valence-electron chi connectivity index (χ2n) is 37.6. The molecule has 4 aromatic rings. The highest BCUT2D eigenvalue weighted by atomic mass is 16.7. The van der Waals surface area contributed by atoms with Gasteiger partial charge in [-0.1, -0.05) is 60.8 Å². The van der Waals surface area contributed by atoms with E-state index in [0.717, 1.165) is 240 Å². The molecule has 93 heavy (non-hydrogen) atoms. The molecule has 498 valence electrons. The molecule has 0 amide bonds. The highest BCUT2D eigenvalue weighted by molar-refractivity contribution is 6.27. The van der Waals surface area contributed by atoms with Gasteiger partial charge in [-0.25, -0.2) is 0 Å². The smallest absolute Gasteiger partial charge is 0.311 e. The highest BCUT2D eigenvalue weighted by Gasteiger charge is 2.79. The zero-order valence-electron chi connectivity index (χ0n) is 57.9. The SMILES string of the molecule is COC(=O)[C@]1(C)CCC[C@@]2(C)[C@@H]3CC[C@@]4(C)C[C@]3(CC[C@@H]21)CC41Oc2cc3c4cc5c(cc4c4cc6c(cc4c3cc2O1)OC1(C[C@]23CC[C@H]4[C@@](C)(CCC[C@@]4(C)C(=O)OC)[C@@H]2CC[C@@]1(C)C3)O6)OC1(C[C@]23CC[C@H]4[C@@](C)(CCC[C@@]4(C)C(=O)OC)[C@@H]2CC[C@@]1(C)C3)O5. The van der Waals surface area contributed by atoms with Gasteiger partial charge in [-0.05, 0) is 292 Å². The summed E-state index contributed by atoms with van der Waals surface area (Å²) in [5.74, 6) is 4.47. The molecular formula is C81H102O12. The van der Waals surface area contributed by atoms with Crippen molar-refractivity contribution < 1.29 is 57.0 Å². The van der Waals surface area contributed by atoms with Crippen LogP contribution in [-0.4, -0.2) is 56.6 Å². The van der Waals surface area contributed by atoms with E-state index in [-0.39, 0.29) is 84.4 Å². The lowest BCUT2D eigenvalue weighted by Gasteiger charge is -2.63. The molecule has 0 radical (unpaired) electrons. The molecule has 3 heterocycles. The number of fused-ring (bicyclic) bond motifs is 21. The summed E-state index contributed by atoms with van der Waals surface area (Å²) < 4.78 is 62.7. The molecule has 0 unspecified atom stereocenters. The lowest BCUT2D eigenvalue weighted by molar-refractivity contribution is -0.185. The molecule has 6 spiro atoms. The van der Waals surface area contributed by atoms with Gasteiger partial charge in [0.25, 0.3) is 17.4 Å². The molecule has 12 heteroatoms. The highest BCUT2D eigenvalue weighted by Crippen LogP contribution is 2.82. The third-order valence-corrected chi connectivity index (χ3v) is 33.7.